The number of thiophene rings is 2. The van der Waals surface area contributed by atoms with Gasteiger partial charge in [-0.05, 0) is 169 Å². The van der Waals surface area contributed by atoms with E-state index in [0.717, 1.165) is 61.5 Å². The highest BCUT2D eigenvalue weighted by atomic mass is 32.1. The lowest BCUT2D eigenvalue weighted by atomic mass is 9.46. The van der Waals surface area contributed by atoms with Gasteiger partial charge in [0.15, 0.2) is 0 Å². The first-order valence-corrected chi connectivity index (χ1v) is 33.4. The standard InChI is InChI=1S/C82H78BN3OS2/c1-78(2,3)50-25-33-55(34-26-50)84(56-35-27-51(28-36-56)79(4,5)6)58-39-42-70-61(45-58)62-46-64-67(48-72(62)88-70)86(57-37-29-52(30-38-57)80(7,8)9)83-74-68(47-63-59-23-19-20-24-69(59)87-76(63)73(64)74)85(75-65-44-54(82(13,14)15)32-41-71(65)89-77(75)83)66-40-31-53(81(10,11)12)43-60(66)49-21-17-16-18-22-49/h16-48H,1-15H3. The van der Waals surface area contributed by atoms with Crippen LogP contribution in [-0.2, 0) is 27.1 Å². The SMILES string of the molecule is CC(C)(C)c1ccc(N2B3c4sc5ccc(C(C)(C)C)cc5c4N(c4ccc(C(C)(C)C)cc4-c4ccccc4)c4cc5c(oc6ccccc65)c(c43)-c3cc4c(cc32)sc2ccc(N(c3ccc(C(C)(C)C)cc3)c3ccc(C(C)(C)C)cc3)cc24)cc1. The second kappa shape index (κ2) is 20.1. The molecule has 0 aliphatic carbocycles. The van der Waals surface area contributed by atoms with Crippen molar-refractivity contribution in [3.63, 3.8) is 0 Å². The average Bonchev–Trinajstić information content (AvgIpc) is 1.65. The van der Waals surface area contributed by atoms with Gasteiger partial charge in [0.1, 0.15) is 11.2 Å². The molecular weight excluding hydrogens is 1120 g/mol. The lowest BCUT2D eigenvalue weighted by molar-refractivity contribution is 0.590. The smallest absolute Gasteiger partial charge is 0.343 e. The molecule has 0 saturated heterocycles. The van der Waals surface area contributed by atoms with Crippen LogP contribution in [0.25, 0.3) is 74.5 Å². The third-order valence-corrected chi connectivity index (χ3v) is 21.4. The predicted molar refractivity (Wildman–Crippen MR) is 389 cm³/mol. The molecule has 89 heavy (non-hydrogen) atoms. The molecule has 4 nitrogen and oxygen atoms in total. The van der Waals surface area contributed by atoms with E-state index in [1.54, 1.807) is 0 Å². The fourth-order valence-electron chi connectivity index (χ4n) is 13.9. The minimum atomic E-state index is -0.220. The molecule has 0 N–H and O–H groups in total. The molecule has 13 aromatic rings. The van der Waals surface area contributed by atoms with Gasteiger partial charge in [0.05, 0.1) is 11.4 Å². The number of nitrogens with zero attached hydrogens (tertiary/aromatic N) is 3. The second-order valence-corrected chi connectivity index (χ2v) is 32.4. The molecule has 0 spiro atoms. The van der Waals surface area contributed by atoms with Crippen LogP contribution in [-0.4, -0.2) is 6.85 Å². The minimum absolute atomic E-state index is 0.0256. The molecular formula is C82H78BN3OS2. The van der Waals surface area contributed by atoms with E-state index in [-0.39, 0.29) is 33.9 Å². The molecule has 10 aromatic carbocycles. The molecule has 15 rings (SSSR count). The maximum atomic E-state index is 7.41. The molecule has 2 aliphatic heterocycles. The van der Waals surface area contributed by atoms with Gasteiger partial charge in [-0.15, -0.1) is 22.7 Å². The summed E-state index contributed by atoms with van der Waals surface area (Å²) in [5, 5.41) is 5.96. The highest BCUT2D eigenvalue weighted by Gasteiger charge is 2.49. The number of rotatable bonds is 6. The molecule has 0 saturated carbocycles. The lowest BCUT2D eigenvalue weighted by Gasteiger charge is -2.45. The first-order chi connectivity index (χ1) is 42.3. The maximum absolute atomic E-state index is 7.41. The van der Waals surface area contributed by atoms with E-state index in [9.17, 15) is 0 Å². The molecule has 0 unspecified atom stereocenters. The average molecular weight is 1200 g/mol. The highest BCUT2D eigenvalue weighted by molar-refractivity contribution is 7.32. The van der Waals surface area contributed by atoms with Crippen molar-refractivity contribution in [2.45, 2.75) is 131 Å². The first-order valence-electron chi connectivity index (χ1n) is 31.7. The van der Waals surface area contributed by atoms with E-state index < -0.39 is 0 Å². The van der Waals surface area contributed by atoms with Gasteiger partial charge in [0, 0.05) is 96.6 Å². The Kier molecular flexibility index (Phi) is 12.9. The number of benzene rings is 10. The van der Waals surface area contributed by atoms with E-state index >= 15 is 0 Å². The van der Waals surface area contributed by atoms with Crippen LogP contribution in [0, 0.1) is 0 Å². The third-order valence-electron chi connectivity index (χ3n) is 19.0. The Morgan fingerprint density at radius 3 is 1.54 bits per heavy atom. The quantitative estimate of drug-likeness (QED) is 0.155. The van der Waals surface area contributed by atoms with Gasteiger partial charge in [-0.3, -0.25) is 0 Å². The number of furan rings is 1. The van der Waals surface area contributed by atoms with Crippen LogP contribution in [0.15, 0.2) is 205 Å². The Balaban J connectivity index is 1.06. The van der Waals surface area contributed by atoms with Crippen LogP contribution >= 0.6 is 22.7 Å². The van der Waals surface area contributed by atoms with Gasteiger partial charge in [-0.1, -0.05) is 201 Å². The zero-order valence-corrected chi connectivity index (χ0v) is 55.8. The van der Waals surface area contributed by atoms with Gasteiger partial charge >= 0.3 is 6.85 Å². The van der Waals surface area contributed by atoms with Gasteiger partial charge in [0.25, 0.3) is 0 Å². The van der Waals surface area contributed by atoms with Crippen LogP contribution in [0.1, 0.15) is 132 Å². The van der Waals surface area contributed by atoms with Crippen molar-refractivity contribution in [1.29, 1.82) is 0 Å². The molecule has 5 heterocycles. The van der Waals surface area contributed by atoms with Crippen molar-refractivity contribution in [1.82, 2.24) is 0 Å². The van der Waals surface area contributed by atoms with Crippen LogP contribution in [0.2, 0.25) is 0 Å². The third kappa shape index (κ3) is 9.43. The summed E-state index contributed by atoms with van der Waals surface area (Å²) in [5.74, 6) is 0. The van der Waals surface area contributed by atoms with Gasteiger partial charge in [0.2, 0.25) is 0 Å². The van der Waals surface area contributed by atoms with Crippen molar-refractivity contribution >= 4 is 137 Å². The molecule has 0 fully saturated rings. The Morgan fingerprint density at radius 1 is 0.382 bits per heavy atom. The van der Waals surface area contributed by atoms with E-state index in [2.05, 4.69) is 319 Å². The van der Waals surface area contributed by atoms with E-state index in [1.165, 1.54) is 96.5 Å². The number of anilines is 8. The Hall–Kier alpha value is -8.36. The molecule has 7 heteroatoms. The van der Waals surface area contributed by atoms with Crippen molar-refractivity contribution in [3.05, 3.63) is 228 Å². The first kappa shape index (κ1) is 57.1. The summed E-state index contributed by atoms with van der Waals surface area (Å²) in [5.41, 5.74) is 23.5. The highest BCUT2D eigenvalue weighted by Crippen LogP contribution is 2.56. The summed E-state index contributed by atoms with van der Waals surface area (Å²) >= 11 is 3.84. The molecule has 442 valence electrons. The van der Waals surface area contributed by atoms with E-state index in [1.807, 2.05) is 22.7 Å². The normalized spacial score (nSPS) is 13.7. The van der Waals surface area contributed by atoms with Crippen LogP contribution < -0.4 is 24.9 Å². The molecule has 2 aliphatic rings. The lowest BCUT2D eigenvalue weighted by Crippen LogP contribution is -2.60. The number of para-hydroxylation sites is 1. The fraction of sp³-hybridized carbons (Fsp3) is 0.244. The summed E-state index contributed by atoms with van der Waals surface area (Å²) in [6.07, 6.45) is 0. The Morgan fingerprint density at radius 2 is 0.910 bits per heavy atom. The van der Waals surface area contributed by atoms with Gasteiger partial charge < -0.3 is 19.0 Å². The summed E-state index contributed by atoms with van der Waals surface area (Å²) in [7, 11) is 0. The van der Waals surface area contributed by atoms with Gasteiger partial charge in [-0.2, -0.15) is 0 Å². The molecule has 3 aromatic heterocycles. The number of fused-ring (bicyclic) bond motifs is 13. The minimum Gasteiger partial charge on any atom is -0.455 e. The number of hydrogen-bond acceptors (Lipinski definition) is 6. The maximum Gasteiger partial charge on any atom is 0.343 e. The molecule has 0 bridgehead atoms. The van der Waals surface area contributed by atoms with Crippen LogP contribution in [0.4, 0.5) is 45.5 Å². The molecule has 0 amide bonds. The Labute approximate surface area is 534 Å². The van der Waals surface area contributed by atoms with Crippen molar-refractivity contribution in [3.8, 4) is 22.3 Å². The molecule has 0 atom stereocenters. The van der Waals surface area contributed by atoms with E-state index in [0.29, 0.717) is 0 Å². The van der Waals surface area contributed by atoms with Crippen molar-refractivity contribution in [2.75, 3.05) is 14.6 Å². The van der Waals surface area contributed by atoms with Crippen molar-refractivity contribution in [2.24, 2.45) is 0 Å². The summed E-state index contributed by atoms with van der Waals surface area (Å²) in [4.78, 5) is 7.83. The summed E-state index contributed by atoms with van der Waals surface area (Å²) in [6.45, 7) is 34.5. The van der Waals surface area contributed by atoms with Gasteiger partial charge in [-0.25, -0.2) is 0 Å². The summed E-state index contributed by atoms with van der Waals surface area (Å²) < 4.78 is 12.5. The zero-order valence-electron chi connectivity index (χ0n) is 54.2. The van der Waals surface area contributed by atoms with Crippen LogP contribution in [0.3, 0.4) is 0 Å². The summed E-state index contributed by atoms with van der Waals surface area (Å²) in [6, 6.07) is 77.0. The molecule has 0 radical (unpaired) electrons. The largest absolute Gasteiger partial charge is 0.455 e. The number of hydrogen-bond donors (Lipinski definition) is 0. The monoisotopic (exact) mass is 1200 g/mol. The van der Waals surface area contributed by atoms with Crippen LogP contribution in [0.5, 0.6) is 0 Å². The van der Waals surface area contributed by atoms with Crippen molar-refractivity contribution < 1.29 is 4.42 Å². The topological polar surface area (TPSA) is 22.9 Å². The predicted octanol–water partition coefficient (Wildman–Crippen LogP) is 23.5. The second-order valence-electron chi connectivity index (χ2n) is 30.3. The van der Waals surface area contributed by atoms with E-state index in [4.69, 9.17) is 4.42 Å². The zero-order chi connectivity index (χ0) is 62.0. The Bertz CT molecular complexity index is 4920. The fourth-order valence-corrected chi connectivity index (χ4v) is 16.3.